The van der Waals surface area contributed by atoms with Crippen molar-refractivity contribution in [1.29, 1.82) is 0 Å². The summed E-state index contributed by atoms with van der Waals surface area (Å²) in [5.41, 5.74) is 3.09. The molecule has 2 aromatic carbocycles. The fraction of sp³-hybridized carbons (Fsp3) is 0.393. The number of aromatic nitrogens is 2. The van der Waals surface area contributed by atoms with E-state index in [1.807, 2.05) is 58.0 Å². The smallest absolute Gasteiger partial charge is 0.399 e. The Morgan fingerprint density at radius 1 is 1.08 bits per heavy atom. The highest BCUT2D eigenvalue weighted by atomic mass is 19.1. The number of H-pyrrole nitrogens is 1. The van der Waals surface area contributed by atoms with Crippen LogP contribution in [0, 0.1) is 5.82 Å². The Morgan fingerprint density at radius 2 is 1.79 bits per heavy atom. The highest BCUT2D eigenvalue weighted by molar-refractivity contribution is 6.62. The number of aromatic amines is 1. The predicted octanol–water partition coefficient (Wildman–Crippen LogP) is 3.42. The van der Waals surface area contributed by atoms with E-state index in [4.69, 9.17) is 14.3 Å². The molecule has 3 aromatic rings. The number of urea groups is 1. The number of benzene rings is 2. The number of hydrogen-bond donors (Lipinski definition) is 1. The fourth-order valence-corrected chi connectivity index (χ4v) is 5.32. The van der Waals surface area contributed by atoms with Crippen molar-refractivity contribution < 1.29 is 23.3 Å². The number of nitrogens with one attached hydrogen (secondary N) is 1. The first kappa shape index (κ1) is 25.6. The molecule has 9 nitrogen and oxygen atoms in total. The highest BCUT2D eigenvalue weighted by Crippen LogP contribution is 2.37. The fourth-order valence-electron chi connectivity index (χ4n) is 5.32. The Bertz CT molecular complexity index is 1410. The first-order valence-corrected chi connectivity index (χ1v) is 13.1. The number of hydrogen-bond acceptors (Lipinski definition) is 5. The van der Waals surface area contributed by atoms with E-state index in [2.05, 4.69) is 4.98 Å². The van der Waals surface area contributed by atoms with Gasteiger partial charge < -0.3 is 29.0 Å². The molecular weight excluding hydrogens is 500 g/mol. The first-order chi connectivity index (χ1) is 18.6. The van der Waals surface area contributed by atoms with Gasteiger partial charge >= 0.3 is 13.1 Å². The molecule has 6 rings (SSSR count). The highest BCUT2D eigenvalue weighted by Gasteiger charge is 2.51. The molecule has 0 aliphatic carbocycles. The maximum atomic E-state index is 14.2. The van der Waals surface area contributed by atoms with Gasteiger partial charge in [0.15, 0.2) is 0 Å². The van der Waals surface area contributed by atoms with Crippen LogP contribution in [0.5, 0.6) is 0 Å². The Labute approximate surface area is 227 Å². The molecule has 3 amide bonds. The van der Waals surface area contributed by atoms with Gasteiger partial charge in [0.25, 0.3) is 0 Å². The van der Waals surface area contributed by atoms with Gasteiger partial charge in [-0.2, -0.15) is 0 Å². The van der Waals surface area contributed by atoms with E-state index >= 15 is 0 Å². The summed E-state index contributed by atoms with van der Waals surface area (Å²) in [5, 5.41) is 0. The largest absolute Gasteiger partial charge is 0.494 e. The van der Waals surface area contributed by atoms with E-state index in [0.29, 0.717) is 24.5 Å². The summed E-state index contributed by atoms with van der Waals surface area (Å²) in [6.07, 6.45) is 2.53. The molecule has 4 heterocycles. The third-order valence-corrected chi connectivity index (χ3v) is 8.38. The third kappa shape index (κ3) is 4.39. The van der Waals surface area contributed by atoms with Gasteiger partial charge in [0, 0.05) is 23.9 Å². The molecule has 202 valence electrons. The number of carbonyl (C=O) groups is 2. The summed E-state index contributed by atoms with van der Waals surface area (Å²) in [5.74, 6) is 0.293. The molecule has 3 aliphatic rings. The number of imidazole rings is 1. The molecule has 0 radical (unpaired) electrons. The van der Waals surface area contributed by atoms with Crippen molar-refractivity contribution in [3.63, 3.8) is 0 Å². The van der Waals surface area contributed by atoms with Crippen LogP contribution >= 0.6 is 0 Å². The number of amides is 3. The van der Waals surface area contributed by atoms with Crippen LogP contribution in [-0.4, -0.2) is 68.6 Å². The molecule has 0 saturated carbocycles. The summed E-state index contributed by atoms with van der Waals surface area (Å²) < 4.78 is 26.5. The van der Waals surface area contributed by atoms with Crippen LogP contribution in [0.2, 0.25) is 0 Å². The average molecular weight is 531 g/mol. The van der Waals surface area contributed by atoms with Gasteiger partial charge in [-0.25, -0.2) is 14.2 Å². The van der Waals surface area contributed by atoms with Gasteiger partial charge in [0.05, 0.1) is 36.7 Å². The van der Waals surface area contributed by atoms with Crippen molar-refractivity contribution in [3.8, 4) is 11.3 Å². The van der Waals surface area contributed by atoms with Gasteiger partial charge in [-0.15, -0.1) is 0 Å². The van der Waals surface area contributed by atoms with Crippen LogP contribution in [0.1, 0.15) is 50.7 Å². The monoisotopic (exact) mass is 531 g/mol. The topological polar surface area (TPSA) is 91.0 Å². The van der Waals surface area contributed by atoms with Gasteiger partial charge in [-0.1, -0.05) is 36.4 Å². The Kier molecular flexibility index (Phi) is 6.03. The van der Waals surface area contributed by atoms with Crippen LogP contribution in [0.25, 0.3) is 11.3 Å². The molecule has 0 bridgehead atoms. The van der Waals surface area contributed by atoms with Crippen molar-refractivity contribution in [2.75, 3.05) is 13.2 Å². The first-order valence-electron chi connectivity index (χ1n) is 13.1. The van der Waals surface area contributed by atoms with E-state index in [1.54, 1.807) is 27.0 Å². The average Bonchev–Trinajstić information content (AvgIpc) is 3.68. The zero-order chi connectivity index (χ0) is 27.5. The van der Waals surface area contributed by atoms with Crippen molar-refractivity contribution in [2.45, 2.75) is 58.0 Å². The second-order valence-corrected chi connectivity index (χ2v) is 11.4. The normalized spacial score (nSPS) is 21.5. The SMILES string of the molecule is CC1(C)OB(c2ccc(-c3c[nH]c(C4CN(C(=O)N5Cc6cccc(F)c6C5)CN4C=O)n3)cc2)OC1(C)C. The Hall–Kier alpha value is -3.70. The molecule has 1 unspecified atom stereocenters. The van der Waals surface area contributed by atoms with Gasteiger partial charge in [0.2, 0.25) is 6.41 Å². The molecule has 1 N–H and O–H groups in total. The number of carbonyl (C=O) groups excluding carboxylic acids is 2. The molecule has 2 fully saturated rings. The summed E-state index contributed by atoms with van der Waals surface area (Å²) in [6.45, 7) is 9.10. The predicted molar refractivity (Wildman–Crippen MR) is 143 cm³/mol. The number of rotatable bonds is 4. The van der Waals surface area contributed by atoms with E-state index in [-0.39, 0.29) is 25.1 Å². The maximum Gasteiger partial charge on any atom is 0.494 e. The van der Waals surface area contributed by atoms with Crippen LogP contribution < -0.4 is 5.46 Å². The lowest BCUT2D eigenvalue weighted by Gasteiger charge is -2.32. The van der Waals surface area contributed by atoms with Crippen molar-refractivity contribution in [1.82, 2.24) is 24.7 Å². The van der Waals surface area contributed by atoms with Crippen LogP contribution in [-0.2, 0) is 27.2 Å². The Balaban J connectivity index is 1.14. The lowest BCUT2D eigenvalue weighted by Crippen LogP contribution is -2.41. The van der Waals surface area contributed by atoms with E-state index in [9.17, 15) is 14.0 Å². The van der Waals surface area contributed by atoms with E-state index in [1.165, 1.54) is 6.07 Å². The quantitative estimate of drug-likeness (QED) is 0.412. The summed E-state index contributed by atoms with van der Waals surface area (Å²) in [4.78, 5) is 37.8. The molecule has 39 heavy (non-hydrogen) atoms. The summed E-state index contributed by atoms with van der Waals surface area (Å²) in [6, 6.07) is 12.1. The van der Waals surface area contributed by atoms with Crippen LogP contribution in [0.15, 0.2) is 48.7 Å². The van der Waals surface area contributed by atoms with Crippen molar-refractivity contribution in [3.05, 3.63) is 71.4 Å². The van der Waals surface area contributed by atoms with E-state index < -0.39 is 24.4 Å². The van der Waals surface area contributed by atoms with Crippen LogP contribution in [0.4, 0.5) is 9.18 Å². The minimum absolute atomic E-state index is 0.140. The molecular formula is C28H31BFN5O4. The van der Waals surface area contributed by atoms with Gasteiger partial charge in [0.1, 0.15) is 17.7 Å². The zero-order valence-corrected chi connectivity index (χ0v) is 22.5. The molecule has 11 heteroatoms. The zero-order valence-electron chi connectivity index (χ0n) is 22.5. The molecule has 0 spiro atoms. The standard InChI is InChI=1S/C28H31BFN5O4/c1-27(2)28(3,4)39-29(38-27)20-10-8-18(9-11-20)23-12-31-25(32-23)24-15-34(16-35(24)17-36)26(37)33-13-19-6-5-7-22(30)21(19)14-33/h5-12,17,24H,13-16H2,1-4H3,(H,31,32). The molecule has 2 saturated heterocycles. The molecule has 1 aromatic heterocycles. The van der Waals surface area contributed by atoms with Gasteiger partial charge in [-0.05, 0) is 44.8 Å². The minimum Gasteiger partial charge on any atom is -0.399 e. The Morgan fingerprint density at radius 3 is 2.46 bits per heavy atom. The summed E-state index contributed by atoms with van der Waals surface area (Å²) in [7, 11) is -0.443. The minimum atomic E-state index is -0.443. The van der Waals surface area contributed by atoms with Crippen LogP contribution in [0.3, 0.4) is 0 Å². The summed E-state index contributed by atoms with van der Waals surface area (Å²) >= 11 is 0. The lowest BCUT2D eigenvalue weighted by molar-refractivity contribution is -0.119. The van der Waals surface area contributed by atoms with Crippen molar-refractivity contribution in [2.24, 2.45) is 0 Å². The van der Waals surface area contributed by atoms with Crippen molar-refractivity contribution >= 4 is 25.0 Å². The molecule has 1 atom stereocenters. The number of halogens is 1. The maximum absolute atomic E-state index is 14.2. The number of fused-ring (bicyclic) bond motifs is 1. The second-order valence-electron chi connectivity index (χ2n) is 11.4. The van der Waals surface area contributed by atoms with Gasteiger partial charge in [-0.3, -0.25) is 4.79 Å². The van der Waals surface area contributed by atoms with E-state index in [0.717, 1.165) is 28.7 Å². The molecule has 3 aliphatic heterocycles. The lowest BCUT2D eigenvalue weighted by atomic mass is 9.79. The third-order valence-electron chi connectivity index (χ3n) is 8.38. The number of nitrogens with zero attached hydrogens (tertiary/aromatic N) is 4. The second kappa shape index (κ2) is 9.20.